The van der Waals surface area contributed by atoms with Crippen molar-refractivity contribution >= 4 is 46.7 Å². The van der Waals surface area contributed by atoms with Gasteiger partial charge in [0.2, 0.25) is 5.91 Å². The molecule has 0 spiro atoms. The molecule has 2 atom stereocenters. The number of hydrogen-bond acceptors (Lipinski definition) is 13. The number of carbonyl (C=O) groups is 5. The first-order chi connectivity index (χ1) is 29.6. The highest BCUT2D eigenvalue weighted by molar-refractivity contribution is 5.83. The summed E-state index contributed by atoms with van der Waals surface area (Å²) in [5.41, 5.74) is -0.898. The largest absolute Gasteiger partial charge is 0.459 e. The molecule has 2 aliphatic heterocycles. The summed E-state index contributed by atoms with van der Waals surface area (Å²) in [6.07, 6.45) is -1.60. The van der Waals surface area contributed by atoms with Crippen LogP contribution in [0.15, 0.2) is 30.3 Å². The number of amides is 4. The maximum Gasteiger partial charge on any atom is 0.410 e. The van der Waals surface area contributed by atoms with Crippen molar-refractivity contribution in [3.63, 3.8) is 0 Å². The Morgan fingerprint density at radius 3 is 1.58 bits per heavy atom. The molecule has 1 N–H and O–H groups in total. The van der Waals surface area contributed by atoms with E-state index in [4.69, 9.17) is 18.9 Å². The van der Waals surface area contributed by atoms with Crippen LogP contribution >= 0.6 is 0 Å². The standard InChI is InChI=1S/C47H75N7O10/c1-33-31-53(43(60)64-47(11,12)13)27-26-51(41(58)62-45(5,6)7)24-25-52(42(59)63-46(8,9)10)28-29-54(33)38(40(57)61-44(2,3)4)18-19-39(56)50-22-20-49(21-23-50)36-17-15-34-14-16-35(32-55)48-37(34)30-36/h14-17,30,33,38,55H,18-29,31-32H2,1-13H3. The number of pyridine rings is 1. The zero-order chi connectivity index (χ0) is 47.8. The maximum atomic E-state index is 14.4. The molecule has 0 aliphatic carbocycles. The molecule has 1 aromatic heterocycles. The number of anilines is 1. The number of hydrogen-bond donors (Lipinski definition) is 1. The molecule has 2 unspecified atom stereocenters. The molecule has 2 aliphatic rings. The third kappa shape index (κ3) is 16.3. The Morgan fingerprint density at radius 1 is 0.625 bits per heavy atom. The van der Waals surface area contributed by atoms with Crippen LogP contribution in [0.3, 0.4) is 0 Å². The average molecular weight is 898 g/mol. The fraction of sp³-hybridized carbons (Fsp3) is 0.702. The molecule has 17 nitrogen and oxygen atoms in total. The van der Waals surface area contributed by atoms with Crippen LogP contribution in [-0.4, -0.2) is 171 Å². The molecule has 358 valence electrons. The molecule has 1 aromatic carbocycles. The summed E-state index contributed by atoms with van der Waals surface area (Å²) in [5, 5.41) is 10.6. The van der Waals surface area contributed by atoms with Crippen molar-refractivity contribution in [3.8, 4) is 0 Å². The third-order valence-electron chi connectivity index (χ3n) is 10.5. The summed E-state index contributed by atoms with van der Waals surface area (Å²) in [5.74, 6) is -0.627. The topological polar surface area (TPSA) is 175 Å². The van der Waals surface area contributed by atoms with Gasteiger partial charge in [-0.1, -0.05) is 12.1 Å². The van der Waals surface area contributed by atoms with Gasteiger partial charge in [-0.15, -0.1) is 0 Å². The van der Waals surface area contributed by atoms with Crippen LogP contribution in [0.4, 0.5) is 20.1 Å². The first-order valence-corrected chi connectivity index (χ1v) is 22.6. The Kier molecular flexibility index (Phi) is 17.3. The van der Waals surface area contributed by atoms with Crippen molar-refractivity contribution < 1.29 is 48.0 Å². The van der Waals surface area contributed by atoms with Gasteiger partial charge in [-0.25, -0.2) is 14.4 Å². The van der Waals surface area contributed by atoms with E-state index in [1.807, 2.05) is 41.0 Å². The summed E-state index contributed by atoms with van der Waals surface area (Å²) in [6, 6.07) is 8.33. The second-order valence-electron chi connectivity index (χ2n) is 20.7. The Hall–Kier alpha value is -4.90. The van der Waals surface area contributed by atoms with Crippen LogP contribution in [0, 0.1) is 0 Å². The van der Waals surface area contributed by atoms with Crippen molar-refractivity contribution in [1.29, 1.82) is 0 Å². The van der Waals surface area contributed by atoms with Gasteiger partial charge in [0.05, 0.1) is 17.8 Å². The van der Waals surface area contributed by atoms with Crippen molar-refractivity contribution in [2.45, 2.75) is 144 Å². The molecule has 2 saturated heterocycles. The first kappa shape index (κ1) is 51.7. The molecule has 0 saturated carbocycles. The minimum absolute atomic E-state index is 0.0490. The maximum absolute atomic E-state index is 14.4. The predicted molar refractivity (Wildman–Crippen MR) is 245 cm³/mol. The number of aliphatic hydroxyl groups excluding tert-OH is 1. The lowest BCUT2D eigenvalue weighted by Gasteiger charge is -2.41. The fourth-order valence-corrected chi connectivity index (χ4v) is 7.51. The van der Waals surface area contributed by atoms with Crippen LogP contribution in [0.2, 0.25) is 0 Å². The van der Waals surface area contributed by atoms with Crippen molar-refractivity contribution in [3.05, 3.63) is 36.0 Å². The van der Waals surface area contributed by atoms with E-state index in [9.17, 15) is 29.1 Å². The van der Waals surface area contributed by atoms with Gasteiger partial charge in [0.1, 0.15) is 28.4 Å². The first-order valence-electron chi connectivity index (χ1n) is 22.6. The molecule has 2 aromatic rings. The number of piperazine rings is 1. The van der Waals surface area contributed by atoms with Gasteiger partial charge in [-0.3, -0.25) is 19.5 Å². The third-order valence-corrected chi connectivity index (χ3v) is 10.5. The number of carbonyl (C=O) groups excluding carboxylic acids is 5. The van der Waals surface area contributed by atoms with Gasteiger partial charge < -0.3 is 48.6 Å². The average Bonchev–Trinajstić information content (AvgIpc) is 3.16. The van der Waals surface area contributed by atoms with Gasteiger partial charge in [0.15, 0.2) is 0 Å². The fourth-order valence-electron chi connectivity index (χ4n) is 7.51. The lowest BCUT2D eigenvalue weighted by molar-refractivity contribution is -0.163. The molecule has 17 heteroatoms. The quantitative estimate of drug-likeness (QED) is 0.243. The van der Waals surface area contributed by atoms with E-state index in [0.29, 0.717) is 31.9 Å². The summed E-state index contributed by atoms with van der Waals surface area (Å²) in [6.45, 7) is 25.9. The molecular weight excluding hydrogens is 823 g/mol. The molecule has 4 rings (SSSR count). The van der Waals surface area contributed by atoms with Crippen LogP contribution < -0.4 is 4.90 Å². The second kappa shape index (κ2) is 21.4. The zero-order valence-electron chi connectivity index (χ0n) is 40.7. The number of rotatable bonds is 7. The van der Waals surface area contributed by atoms with Crippen molar-refractivity contribution in [2.24, 2.45) is 0 Å². The van der Waals surface area contributed by atoms with Crippen molar-refractivity contribution in [2.75, 3.05) is 76.9 Å². The van der Waals surface area contributed by atoms with Gasteiger partial charge in [-0.2, -0.15) is 0 Å². The lowest BCUT2D eigenvalue weighted by atomic mass is 10.0. The summed E-state index contributed by atoms with van der Waals surface area (Å²) < 4.78 is 23.4. The van der Waals surface area contributed by atoms with E-state index in [1.54, 1.807) is 89.2 Å². The lowest BCUT2D eigenvalue weighted by Crippen LogP contribution is -2.57. The van der Waals surface area contributed by atoms with Gasteiger partial charge in [0, 0.05) is 95.5 Å². The van der Waals surface area contributed by atoms with Crippen LogP contribution in [-0.2, 0) is 35.1 Å². The monoisotopic (exact) mass is 898 g/mol. The van der Waals surface area contributed by atoms with Gasteiger partial charge >= 0.3 is 24.2 Å². The molecule has 64 heavy (non-hydrogen) atoms. The summed E-state index contributed by atoms with van der Waals surface area (Å²) in [7, 11) is 0. The number of benzene rings is 1. The summed E-state index contributed by atoms with van der Waals surface area (Å²) >= 11 is 0. The van der Waals surface area contributed by atoms with E-state index in [2.05, 4.69) is 9.88 Å². The van der Waals surface area contributed by atoms with Crippen LogP contribution in [0.1, 0.15) is 109 Å². The SMILES string of the molecule is CC1CN(C(=O)OC(C)(C)C)CCN(C(=O)OC(C)(C)C)CCN(C(=O)OC(C)(C)C)CCN1C(CCC(=O)N1CCN(c2ccc3ccc(CO)nc3c2)CC1)C(=O)OC(C)(C)C. The molecule has 3 heterocycles. The van der Waals surface area contributed by atoms with Gasteiger partial charge in [-0.05, 0) is 115 Å². The molecule has 0 bridgehead atoms. The minimum atomic E-state index is -0.935. The number of aromatic nitrogens is 1. The normalized spacial score (nSPS) is 18.5. The van der Waals surface area contributed by atoms with Gasteiger partial charge in [0.25, 0.3) is 0 Å². The number of ether oxygens (including phenoxy) is 4. The Labute approximate surface area is 380 Å². The highest BCUT2D eigenvalue weighted by Crippen LogP contribution is 2.25. The second-order valence-corrected chi connectivity index (χ2v) is 20.7. The molecule has 2 fully saturated rings. The van der Waals surface area contributed by atoms with E-state index in [1.165, 1.54) is 14.7 Å². The zero-order valence-corrected chi connectivity index (χ0v) is 40.7. The number of nitrogens with zero attached hydrogens (tertiary/aromatic N) is 7. The van der Waals surface area contributed by atoms with E-state index in [-0.39, 0.29) is 71.2 Å². The number of esters is 1. The van der Waals surface area contributed by atoms with E-state index >= 15 is 0 Å². The predicted octanol–water partition coefficient (Wildman–Crippen LogP) is 6.28. The molecular formula is C47H75N7O10. The minimum Gasteiger partial charge on any atom is -0.459 e. The highest BCUT2D eigenvalue weighted by atomic mass is 16.6. The number of fused-ring (bicyclic) bond motifs is 1. The Morgan fingerprint density at radius 2 is 1.08 bits per heavy atom. The number of aliphatic hydroxyl groups is 1. The summed E-state index contributed by atoms with van der Waals surface area (Å²) in [4.78, 5) is 84.6. The highest BCUT2D eigenvalue weighted by Gasteiger charge is 2.38. The van der Waals surface area contributed by atoms with Crippen LogP contribution in [0.5, 0.6) is 0 Å². The van der Waals surface area contributed by atoms with E-state index in [0.717, 1.165) is 16.6 Å². The van der Waals surface area contributed by atoms with Crippen molar-refractivity contribution in [1.82, 2.24) is 29.5 Å². The van der Waals surface area contributed by atoms with E-state index < -0.39 is 58.7 Å². The van der Waals surface area contributed by atoms with Crippen LogP contribution in [0.25, 0.3) is 10.9 Å². The Bertz CT molecular complexity index is 1930. The molecule has 4 amide bonds. The molecule has 0 radical (unpaired) electrons. The smallest absolute Gasteiger partial charge is 0.410 e. The Balaban J connectivity index is 1.62.